The highest BCUT2D eigenvalue weighted by Crippen LogP contribution is 2.38. The summed E-state index contributed by atoms with van der Waals surface area (Å²) in [6.07, 6.45) is 5.06. The highest BCUT2D eigenvalue weighted by Gasteiger charge is 2.32. The summed E-state index contributed by atoms with van der Waals surface area (Å²) in [4.78, 5) is 26.8. The highest BCUT2D eigenvalue weighted by molar-refractivity contribution is 7.18. The molecule has 10 heteroatoms. The minimum atomic E-state index is -0.241. The van der Waals surface area contributed by atoms with Crippen LogP contribution < -0.4 is 15.5 Å². The molecule has 0 atom stereocenters. The van der Waals surface area contributed by atoms with Gasteiger partial charge in [0, 0.05) is 55.7 Å². The number of nitrogens with one attached hydrogen (secondary N) is 2. The number of carbonyl (C=O) groups is 1. The minimum absolute atomic E-state index is 0.241. The Hall–Kier alpha value is -3.63. The number of pyridine rings is 1. The van der Waals surface area contributed by atoms with Gasteiger partial charge < -0.3 is 20.4 Å². The van der Waals surface area contributed by atoms with Crippen LogP contribution in [0.4, 0.5) is 16.6 Å². The zero-order valence-corrected chi connectivity index (χ0v) is 19.4. The number of fused-ring (bicyclic) bond motifs is 1. The molecule has 33 heavy (non-hydrogen) atoms. The van der Waals surface area contributed by atoms with Crippen molar-refractivity contribution < 1.29 is 4.79 Å². The molecule has 3 aromatic heterocycles. The smallest absolute Gasteiger partial charge is 0.257 e. The van der Waals surface area contributed by atoms with E-state index in [0.29, 0.717) is 17.4 Å². The van der Waals surface area contributed by atoms with Gasteiger partial charge in [-0.05, 0) is 43.9 Å². The third-order valence-electron chi connectivity index (χ3n) is 5.82. The Balaban J connectivity index is 1.58. The van der Waals surface area contributed by atoms with Gasteiger partial charge in [-0.2, -0.15) is 0 Å². The number of likely N-dealkylation sites (N-methyl/N-ethyl adjacent to an activating group) is 1. The molecule has 1 aliphatic heterocycles. The number of anilines is 3. The molecular formula is C23H24N8OS. The average Bonchev–Trinajstić information content (AvgIpc) is 3.28. The highest BCUT2D eigenvalue weighted by atomic mass is 32.1. The lowest BCUT2D eigenvalue weighted by atomic mass is 10.0. The van der Waals surface area contributed by atoms with Crippen LogP contribution >= 0.6 is 11.3 Å². The van der Waals surface area contributed by atoms with Gasteiger partial charge in [-0.25, -0.2) is 4.98 Å². The van der Waals surface area contributed by atoms with Gasteiger partial charge in [-0.15, -0.1) is 10.2 Å². The molecule has 1 fully saturated rings. The van der Waals surface area contributed by atoms with Crippen molar-refractivity contribution in [2.75, 3.05) is 49.8 Å². The van der Waals surface area contributed by atoms with Gasteiger partial charge in [-0.1, -0.05) is 17.4 Å². The third kappa shape index (κ3) is 4.10. The molecule has 4 aromatic rings. The second kappa shape index (κ2) is 8.72. The number of hydrogen-bond donors (Lipinski definition) is 2. The molecule has 0 spiro atoms. The first-order valence-corrected chi connectivity index (χ1v) is 11.4. The van der Waals surface area contributed by atoms with Crippen LogP contribution in [0.1, 0.15) is 10.4 Å². The normalized spacial score (nSPS) is 13.9. The van der Waals surface area contributed by atoms with Gasteiger partial charge in [0.1, 0.15) is 0 Å². The van der Waals surface area contributed by atoms with E-state index >= 15 is 0 Å². The first-order chi connectivity index (χ1) is 16.0. The van der Waals surface area contributed by atoms with E-state index in [-0.39, 0.29) is 5.91 Å². The van der Waals surface area contributed by atoms with Gasteiger partial charge in [0.25, 0.3) is 5.91 Å². The molecule has 0 radical (unpaired) electrons. The van der Waals surface area contributed by atoms with Crippen molar-refractivity contribution in [2.45, 2.75) is 6.04 Å². The molecular weight excluding hydrogens is 436 g/mol. The van der Waals surface area contributed by atoms with Gasteiger partial charge in [-0.3, -0.25) is 9.78 Å². The third-order valence-corrected chi connectivity index (χ3v) is 6.88. The van der Waals surface area contributed by atoms with E-state index in [1.165, 1.54) is 0 Å². The van der Waals surface area contributed by atoms with Crippen LogP contribution in [0.3, 0.4) is 0 Å². The summed E-state index contributed by atoms with van der Waals surface area (Å²) < 4.78 is 0. The Kier molecular flexibility index (Phi) is 5.61. The lowest BCUT2D eigenvalue weighted by Crippen LogP contribution is -2.57. The molecule has 5 rings (SSSR count). The van der Waals surface area contributed by atoms with Gasteiger partial charge in [0.05, 0.1) is 16.1 Å². The lowest BCUT2D eigenvalue weighted by Gasteiger charge is -2.44. The number of carbonyl (C=O) groups excluding carboxylic acids is 1. The van der Waals surface area contributed by atoms with Crippen LogP contribution in [0.15, 0.2) is 48.9 Å². The Labute approximate surface area is 195 Å². The molecule has 1 aliphatic rings. The van der Waals surface area contributed by atoms with Crippen molar-refractivity contribution in [3.8, 4) is 10.4 Å². The summed E-state index contributed by atoms with van der Waals surface area (Å²) in [6, 6.07) is 9.91. The Morgan fingerprint density at radius 2 is 1.94 bits per heavy atom. The van der Waals surface area contributed by atoms with E-state index in [0.717, 1.165) is 45.3 Å². The fourth-order valence-electron chi connectivity index (χ4n) is 3.82. The summed E-state index contributed by atoms with van der Waals surface area (Å²) in [6.45, 7) is 1.70. The summed E-state index contributed by atoms with van der Waals surface area (Å²) >= 11 is 1.59. The zero-order valence-electron chi connectivity index (χ0n) is 18.6. The topological polar surface area (TPSA) is 99.2 Å². The first kappa shape index (κ1) is 21.2. The molecule has 0 saturated carbocycles. The molecule has 1 amide bonds. The second-order valence-electron chi connectivity index (χ2n) is 8.12. The van der Waals surface area contributed by atoms with Crippen LogP contribution in [0.2, 0.25) is 0 Å². The van der Waals surface area contributed by atoms with E-state index in [1.54, 1.807) is 35.9 Å². The standard InChI is InChI=1S/C23H24N8OS/c1-24-23-26-11-19(33-23)15-4-5-18-17(10-15)20(31-12-16(13-31)30(2)3)21(29-28-18)27-22(32)14-6-8-25-9-7-14/h4-11,16H,12-13H2,1-3H3,(H,24,26)(H,27,29,32). The van der Waals surface area contributed by atoms with Crippen molar-refractivity contribution in [3.05, 3.63) is 54.5 Å². The molecule has 4 heterocycles. The van der Waals surface area contributed by atoms with Crippen LogP contribution in [0.5, 0.6) is 0 Å². The first-order valence-electron chi connectivity index (χ1n) is 10.6. The Morgan fingerprint density at radius 3 is 2.64 bits per heavy atom. The van der Waals surface area contributed by atoms with Crippen molar-refractivity contribution in [2.24, 2.45) is 0 Å². The molecule has 0 unspecified atom stereocenters. The van der Waals surface area contributed by atoms with E-state index in [1.807, 2.05) is 25.4 Å². The molecule has 0 bridgehead atoms. The van der Waals surface area contributed by atoms with Crippen LogP contribution in [-0.4, -0.2) is 71.2 Å². The summed E-state index contributed by atoms with van der Waals surface area (Å²) in [5.74, 6) is 0.216. The number of benzene rings is 1. The summed E-state index contributed by atoms with van der Waals surface area (Å²) in [5, 5.41) is 16.7. The van der Waals surface area contributed by atoms with Crippen molar-refractivity contribution in [3.63, 3.8) is 0 Å². The predicted octanol–water partition coefficient (Wildman–Crippen LogP) is 3.19. The quantitative estimate of drug-likeness (QED) is 0.453. The molecule has 1 aromatic carbocycles. The molecule has 168 valence electrons. The van der Waals surface area contributed by atoms with Crippen LogP contribution in [-0.2, 0) is 0 Å². The van der Waals surface area contributed by atoms with Crippen LogP contribution in [0, 0.1) is 0 Å². The van der Waals surface area contributed by atoms with E-state index < -0.39 is 0 Å². The predicted molar refractivity (Wildman–Crippen MR) is 132 cm³/mol. The number of hydrogen-bond acceptors (Lipinski definition) is 9. The zero-order chi connectivity index (χ0) is 22.9. The van der Waals surface area contributed by atoms with Gasteiger partial charge in [0.2, 0.25) is 0 Å². The maximum Gasteiger partial charge on any atom is 0.257 e. The number of thiazole rings is 1. The van der Waals surface area contributed by atoms with E-state index in [9.17, 15) is 4.79 Å². The monoisotopic (exact) mass is 460 g/mol. The number of rotatable bonds is 6. The average molecular weight is 461 g/mol. The van der Waals surface area contributed by atoms with Gasteiger partial charge in [0.15, 0.2) is 10.9 Å². The number of amides is 1. The molecule has 9 nitrogen and oxygen atoms in total. The van der Waals surface area contributed by atoms with Crippen molar-refractivity contribution in [1.29, 1.82) is 0 Å². The number of nitrogens with zero attached hydrogens (tertiary/aromatic N) is 6. The molecule has 1 saturated heterocycles. The largest absolute Gasteiger partial charge is 0.365 e. The minimum Gasteiger partial charge on any atom is -0.365 e. The molecule has 0 aliphatic carbocycles. The van der Waals surface area contributed by atoms with E-state index in [2.05, 4.69) is 60.8 Å². The second-order valence-corrected chi connectivity index (χ2v) is 9.15. The van der Waals surface area contributed by atoms with Crippen molar-refractivity contribution in [1.82, 2.24) is 25.1 Å². The summed E-state index contributed by atoms with van der Waals surface area (Å²) in [5.41, 5.74) is 3.24. The maximum atomic E-state index is 12.9. The fraction of sp³-hybridized carbons (Fsp3) is 0.261. The van der Waals surface area contributed by atoms with Crippen molar-refractivity contribution >= 4 is 44.8 Å². The summed E-state index contributed by atoms with van der Waals surface area (Å²) in [7, 11) is 6.02. The lowest BCUT2D eigenvalue weighted by molar-refractivity contribution is 0.102. The Bertz CT molecular complexity index is 1300. The molecule has 2 N–H and O–H groups in total. The SMILES string of the molecule is CNc1ncc(-c2ccc3nnc(NC(=O)c4ccncc4)c(N4CC(N(C)C)C4)c3c2)s1. The van der Waals surface area contributed by atoms with Crippen LogP contribution in [0.25, 0.3) is 21.3 Å². The van der Waals surface area contributed by atoms with E-state index in [4.69, 9.17) is 0 Å². The fourth-order valence-corrected chi connectivity index (χ4v) is 4.59. The Morgan fingerprint density at radius 1 is 1.15 bits per heavy atom. The van der Waals surface area contributed by atoms with Gasteiger partial charge >= 0.3 is 0 Å². The maximum absolute atomic E-state index is 12.9. The number of aromatic nitrogens is 4.